The molecule has 0 atom stereocenters. The van der Waals surface area contributed by atoms with E-state index in [0.717, 1.165) is 11.1 Å². The molecule has 0 unspecified atom stereocenters. The molecule has 3 rings (SSSR count). The van der Waals surface area contributed by atoms with Gasteiger partial charge in [0.15, 0.2) is 0 Å². The number of hydrogen-bond acceptors (Lipinski definition) is 5. The molecule has 3 aromatic rings. The first-order chi connectivity index (χ1) is 14.9. The number of rotatable bonds is 8. The summed E-state index contributed by atoms with van der Waals surface area (Å²) in [6.07, 6.45) is 0. The van der Waals surface area contributed by atoms with Crippen LogP contribution in [0.5, 0.6) is 0 Å². The van der Waals surface area contributed by atoms with Gasteiger partial charge in [0.2, 0.25) is 5.91 Å². The summed E-state index contributed by atoms with van der Waals surface area (Å²) in [6, 6.07) is 16.4. The van der Waals surface area contributed by atoms with E-state index in [9.17, 15) is 14.4 Å². The van der Waals surface area contributed by atoms with E-state index in [2.05, 4.69) is 10.3 Å². The average molecular weight is 442 g/mol. The molecule has 4 N–H and O–H groups in total. The summed E-state index contributed by atoms with van der Waals surface area (Å²) in [5.41, 5.74) is 6.85. The predicted octanol–water partition coefficient (Wildman–Crippen LogP) is 1.96. The van der Waals surface area contributed by atoms with Gasteiger partial charge < -0.3 is 16.0 Å². The maximum absolute atomic E-state index is 12.5. The maximum atomic E-state index is 12.5. The summed E-state index contributed by atoms with van der Waals surface area (Å²) in [5, 5.41) is 3.43. The van der Waals surface area contributed by atoms with Crippen LogP contribution >= 0.6 is 11.6 Å². The maximum Gasteiger partial charge on any atom is 0.330 e. The lowest BCUT2D eigenvalue weighted by molar-refractivity contribution is -0.119. The summed E-state index contributed by atoms with van der Waals surface area (Å²) < 4.78 is 1.29. The van der Waals surface area contributed by atoms with Gasteiger partial charge in [-0.05, 0) is 30.2 Å². The van der Waals surface area contributed by atoms with Crippen LogP contribution in [-0.2, 0) is 17.9 Å². The van der Waals surface area contributed by atoms with E-state index in [4.69, 9.17) is 17.3 Å². The van der Waals surface area contributed by atoms with Crippen molar-refractivity contribution in [1.29, 1.82) is 0 Å². The zero-order chi connectivity index (χ0) is 22.4. The van der Waals surface area contributed by atoms with E-state index in [1.165, 1.54) is 4.57 Å². The first kappa shape index (κ1) is 22.2. The van der Waals surface area contributed by atoms with Crippen molar-refractivity contribution in [2.24, 2.45) is 0 Å². The van der Waals surface area contributed by atoms with Crippen LogP contribution in [0, 0.1) is 0 Å². The number of carbonyl (C=O) groups is 1. The van der Waals surface area contributed by atoms with Gasteiger partial charge in [0.1, 0.15) is 11.5 Å². The SMILES string of the molecule is CCN(CC(=O)NCc1ccc(Cl)cc1)c1c(N)n(Cc2ccccc2)c(=O)[nH]c1=O. The molecule has 0 radical (unpaired) electrons. The number of carbonyl (C=O) groups excluding carboxylic acids is 1. The summed E-state index contributed by atoms with van der Waals surface area (Å²) >= 11 is 5.87. The number of amides is 1. The molecule has 0 aliphatic rings. The molecule has 162 valence electrons. The second kappa shape index (κ2) is 9.99. The Kier molecular flexibility index (Phi) is 7.15. The van der Waals surface area contributed by atoms with E-state index < -0.39 is 11.2 Å². The lowest BCUT2D eigenvalue weighted by atomic mass is 10.2. The fraction of sp³-hybridized carbons (Fsp3) is 0.227. The highest BCUT2D eigenvalue weighted by molar-refractivity contribution is 6.30. The van der Waals surface area contributed by atoms with Crippen LogP contribution in [-0.4, -0.2) is 28.5 Å². The van der Waals surface area contributed by atoms with Crippen molar-refractivity contribution in [3.8, 4) is 0 Å². The van der Waals surface area contributed by atoms with Gasteiger partial charge in [0, 0.05) is 18.1 Å². The van der Waals surface area contributed by atoms with E-state index in [0.29, 0.717) is 18.1 Å². The average Bonchev–Trinajstić information content (AvgIpc) is 2.76. The molecule has 0 bridgehead atoms. The zero-order valence-electron chi connectivity index (χ0n) is 17.1. The van der Waals surface area contributed by atoms with Gasteiger partial charge in [-0.1, -0.05) is 54.1 Å². The predicted molar refractivity (Wildman–Crippen MR) is 122 cm³/mol. The van der Waals surface area contributed by atoms with Crippen molar-refractivity contribution < 1.29 is 4.79 Å². The van der Waals surface area contributed by atoms with E-state index >= 15 is 0 Å². The molecule has 1 heterocycles. The summed E-state index contributed by atoms with van der Waals surface area (Å²) in [4.78, 5) is 41.2. The molecule has 2 aromatic carbocycles. The second-order valence-electron chi connectivity index (χ2n) is 6.98. The number of aromatic nitrogens is 2. The van der Waals surface area contributed by atoms with Crippen LogP contribution in [0.3, 0.4) is 0 Å². The minimum atomic E-state index is -0.626. The van der Waals surface area contributed by atoms with E-state index in [1.54, 1.807) is 24.0 Å². The van der Waals surface area contributed by atoms with Crippen LogP contribution in [0.4, 0.5) is 11.5 Å². The largest absolute Gasteiger partial charge is 0.383 e. The van der Waals surface area contributed by atoms with Crippen LogP contribution in [0.1, 0.15) is 18.1 Å². The third-order valence-corrected chi connectivity index (χ3v) is 5.08. The van der Waals surface area contributed by atoms with E-state index in [-0.39, 0.29) is 30.5 Å². The molecular weight excluding hydrogens is 418 g/mol. The molecule has 8 nitrogen and oxygen atoms in total. The quantitative estimate of drug-likeness (QED) is 0.494. The van der Waals surface area contributed by atoms with Crippen molar-refractivity contribution in [2.45, 2.75) is 20.0 Å². The zero-order valence-corrected chi connectivity index (χ0v) is 17.9. The van der Waals surface area contributed by atoms with Crippen molar-refractivity contribution in [1.82, 2.24) is 14.9 Å². The Labute approximate surface area is 184 Å². The molecule has 0 saturated heterocycles. The Balaban J connectivity index is 1.79. The summed E-state index contributed by atoms with van der Waals surface area (Å²) in [5.74, 6) is -0.263. The first-order valence-electron chi connectivity index (χ1n) is 9.81. The number of hydrogen-bond donors (Lipinski definition) is 3. The molecule has 0 aliphatic heterocycles. The molecule has 9 heteroatoms. The molecule has 0 saturated carbocycles. The Hall–Kier alpha value is -3.52. The molecule has 1 aromatic heterocycles. The second-order valence-corrected chi connectivity index (χ2v) is 7.42. The number of nitrogens with two attached hydrogens (primary N) is 1. The van der Waals surface area contributed by atoms with Crippen molar-refractivity contribution in [3.05, 3.63) is 91.6 Å². The third kappa shape index (κ3) is 5.55. The fourth-order valence-corrected chi connectivity index (χ4v) is 3.31. The van der Waals surface area contributed by atoms with Crippen LogP contribution in [0.15, 0.2) is 64.2 Å². The Morgan fingerprint density at radius 3 is 2.42 bits per heavy atom. The highest BCUT2D eigenvalue weighted by atomic mass is 35.5. The molecule has 31 heavy (non-hydrogen) atoms. The minimum Gasteiger partial charge on any atom is -0.383 e. The smallest absolute Gasteiger partial charge is 0.330 e. The number of nitrogen functional groups attached to an aromatic ring is 1. The molecule has 0 spiro atoms. The van der Waals surface area contributed by atoms with Crippen molar-refractivity contribution >= 4 is 29.0 Å². The number of nitrogens with zero attached hydrogens (tertiary/aromatic N) is 2. The number of halogens is 1. The highest BCUT2D eigenvalue weighted by Crippen LogP contribution is 2.17. The number of anilines is 2. The molecule has 1 amide bonds. The number of H-pyrrole nitrogens is 1. The van der Waals surface area contributed by atoms with Gasteiger partial charge in [-0.2, -0.15) is 0 Å². The van der Waals surface area contributed by atoms with Crippen molar-refractivity contribution in [3.63, 3.8) is 0 Å². The van der Waals surface area contributed by atoms with Crippen LogP contribution < -0.4 is 27.2 Å². The molecule has 0 aliphatic carbocycles. The van der Waals surface area contributed by atoms with Crippen LogP contribution in [0.25, 0.3) is 0 Å². The van der Waals surface area contributed by atoms with Crippen LogP contribution in [0.2, 0.25) is 5.02 Å². The monoisotopic (exact) mass is 441 g/mol. The van der Waals surface area contributed by atoms with E-state index in [1.807, 2.05) is 42.5 Å². The van der Waals surface area contributed by atoms with Crippen molar-refractivity contribution in [2.75, 3.05) is 23.7 Å². The summed E-state index contributed by atoms with van der Waals surface area (Å²) in [6.45, 7) is 2.60. The van der Waals surface area contributed by atoms with Gasteiger partial charge in [-0.25, -0.2) is 4.79 Å². The Morgan fingerprint density at radius 1 is 1.10 bits per heavy atom. The lowest BCUT2D eigenvalue weighted by Crippen LogP contribution is -2.42. The molecule has 0 fully saturated rings. The van der Waals surface area contributed by atoms with Gasteiger partial charge in [0.25, 0.3) is 5.56 Å². The highest BCUT2D eigenvalue weighted by Gasteiger charge is 2.20. The number of likely N-dealkylation sites (N-methyl/N-ethyl adjacent to an activating group) is 1. The molecular formula is C22H24ClN5O3. The van der Waals surface area contributed by atoms with Gasteiger partial charge in [0.05, 0.1) is 13.1 Å². The Bertz CT molecular complexity index is 1160. The lowest BCUT2D eigenvalue weighted by Gasteiger charge is -2.24. The standard InChI is InChI=1S/C22H24ClN5O3/c1-2-27(14-18(29)25-12-15-8-10-17(23)11-9-15)19-20(24)28(22(31)26-21(19)30)13-16-6-4-3-5-7-16/h3-11H,2,12-14,24H2,1H3,(H,25,29)(H,26,30,31). The number of aromatic amines is 1. The topological polar surface area (TPSA) is 113 Å². The summed E-state index contributed by atoms with van der Waals surface area (Å²) in [7, 11) is 0. The Morgan fingerprint density at radius 2 is 1.77 bits per heavy atom. The van der Waals surface area contributed by atoms with Gasteiger partial charge in [-0.15, -0.1) is 0 Å². The minimum absolute atomic E-state index is 0.0185. The normalized spacial score (nSPS) is 10.6. The van der Waals surface area contributed by atoms with Gasteiger partial charge in [-0.3, -0.25) is 19.1 Å². The number of benzene rings is 2. The van der Waals surface area contributed by atoms with Gasteiger partial charge >= 0.3 is 5.69 Å². The third-order valence-electron chi connectivity index (χ3n) is 4.83. The number of nitrogens with one attached hydrogen (secondary N) is 2. The first-order valence-corrected chi connectivity index (χ1v) is 10.2. The fourth-order valence-electron chi connectivity index (χ4n) is 3.19.